The summed E-state index contributed by atoms with van der Waals surface area (Å²) in [4.78, 5) is 24.5. The molecule has 0 radical (unpaired) electrons. The second-order valence-electron chi connectivity index (χ2n) is 15.6. The summed E-state index contributed by atoms with van der Waals surface area (Å²) in [7, 11) is -3.43. The summed E-state index contributed by atoms with van der Waals surface area (Å²) in [6.45, 7) is 19.7. The molecule has 0 saturated carbocycles. The lowest BCUT2D eigenvalue weighted by molar-refractivity contribution is -0.118. The Bertz CT molecular complexity index is 2340. The number of nitrogens with two attached hydrogens (primary N) is 3. The lowest BCUT2D eigenvalue weighted by Gasteiger charge is -2.28. The first-order valence-corrected chi connectivity index (χ1v) is 25.7. The molecule has 6 rings (SSSR count). The van der Waals surface area contributed by atoms with Crippen molar-refractivity contribution in [2.24, 2.45) is 5.73 Å². The maximum absolute atomic E-state index is 12.9. The average Bonchev–Trinajstić information content (AvgIpc) is 3.93. The molecule has 0 atom stereocenters. The summed E-state index contributed by atoms with van der Waals surface area (Å²) in [5.74, 6) is 0.397. The van der Waals surface area contributed by atoms with Crippen LogP contribution in [0.4, 0.5) is 11.8 Å². The summed E-state index contributed by atoms with van der Waals surface area (Å²) >= 11 is 0. The third-order valence-electron chi connectivity index (χ3n) is 10.6. The van der Waals surface area contributed by atoms with Crippen molar-refractivity contribution in [1.29, 1.82) is 0 Å². The number of fused-ring (bicyclic) bond motifs is 3. The molecule has 0 bridgehead atoms. The second-order valence-corrected chi connectivity index (χ2v) is 17.7. The zero-order chi connectivity index (χ0) is 50.4. The first kappa shape index (κ1) is 57.9. The first-order valence-electron chi connectivity index (χ1n) is 24.1. The van der Waals surface area contributed by atoms with Crippen LogP contribution in [0, 0.1) is 0 Å². The zero-order valence-electron chi connectivity index (χ0n) is 41.4. The number of nitrogens with zero attached hydrogens (tertiary/aromatic N) is 6. The fourth-order valence-corrected chi connectivity index (χ4v) is 8.49. The van der Waals surface area contributed by atoms with E-state index in [0.717, 1.165) is 42.1 Å². The topological polar surface area (TPSA) is 276 Å². The molecule has 3 aromatic heterocycles. The highest BCUT2D eigenvalue weighted by Crippen LogP contribution is 2.33. The fourth-order valence-electron chi connectivity index (χ4n) is 7.02. The highest BCUT2D eigenvalue weighted by molar-refractivity contribution is 7.89. The van der Waals surface area contributed by atoms with Crippen LogP contribution in [0.25, 0.3) is 33.4 Å². The second kappa shape index (κ2) is 33.0. The highest BCUT2D eigenvalue weighted by atomic mass is 32.2. The van der Waals surface area contributed by atoms with Crippen molar-refractivity contribution < 1.29 is 55.5 Å². The summed E-state index contributed by atoms with van der Waals surface area (Å²) < 4.78 is 76.0. The number of aromatic nitrogens is 5. The van der Waals surface area contributed by atoms with Gasteiger partial charge in [0.2, 0.25) is 10.0 Å². The molecule has 21 nitrogen and oxygen atoms in total. The molecule has 70 heavy (non-hydrogen) atoms. The number of carbonyl (C=O) groups is 1. The molecule has 0 spiro atoms. The van der Waals surface area contributed by atoms with Crippen LogP contribution in [0.1, 0.15) is 63.6 Å². The van der Waals surface area contributed by atoms with E-state index in [1.54, 1.807) is 17.7 Å². The standard InChI is InChI=1S/C28H30N8O4S.C12H26O5.C8H19NO3/c1-2-21(37)4-3-11-41(38,39)35-10-9-18-12-17(5-6-20(18)15-35)14-36-27-24(26(29)31-16-32-27)25(34-36)19-7-8-23-22(13-19)33-28(30)40-23;1-3-13-5-7-15-9-11-17-12-10-16-8-6-14-4-2;1-2-10-5-6-12-8-7-11-4-3-9/h5-8,12-13,16H,2-4,9-11,14-15H2,1H3,(H2,30,33)(H2,29,31,32);3-12H2,1-2H3;2-9H2,1H3. The van der Waals surface area contributed by atoms with Crippen molar-refractivity contribution in [3.05, 3.63) is 59.4 Å². The van der Waals surface area contributed by atoms with Gasteiger partial charge in [-0.15, -0.1) is 0 Å². The molecule has 22 heteroatoms. The summed E-state index contributed by atoms with van der Waals surface area (Å²) in [5, 5.41) is 5.51. The third-order valence-corrected chi connectivity index (χ3v) is 12.5. The van der Waals surface area contributed by atoms with Crippen LogP contribution in [0.2, 0.25) is 0 Å². The van der Waals surface area contributed by atoms with Gasteiger partial charge in [-0.3, -0.25) is 4.79 Å². The number of hydrogen-bond acceptors (Lipinski definition) is 19. The van der Waals surface area contributed by atoms with Gasteiger partial charge in [-0.1, -0.05) is 25.1 Å². The Morgan fingerprint density at radius 3 is 1.89 bits per heavy atom. The van der Waals surface area contributed by atoms with Crippen molar-refractivity contribution in [2.45, 2.75) is 66.5 Å². The number of ketones is 1. The van der Waals surface area contributed by atoms with E-state index in [-0.39, 0.29) is 17.6 Å². The number of hydrogen-bond donors (Lipinski definition) is 3. The van der Waals surface area contributed by atoms with Crippen LogP contribution in [0.5, 0.6) is 0 Å². The van der Waals surface area contributed by atoms with Gasteiger partial charge in [-0.2, -0.15) is 14.4 Å². The minimum absolute atomic E-state index is 0.0111. The third kappa shape index (κ3) is 20.2. The van der Waals surface area contributed by atoms with Crippen molar-refractivity contribution in [2.75, 3.05) is 136 Å². The number of nitrogen functional groups attached to an aromatic ring is 2. The number of anilines is 2. The van der Waals surface area contributed by atoms with Crippen LogP contribution < -0.4 is 17.2 Å². The number of oxazole rings is 1. The number of carbonyl (C=O) groups excluding carboxylic acids is 1. The lowest BCUT2D eigenvalue weighted by atomic mass is 9.98. The van der Waals surface area contributed by atoms with E-state index in [0.29, 0.717) is 171 Å². The molecule has 4 heterocycles. The van der Waals surface area contributed by atoms with Crippen molar-refractivity contribution >= 4 is 49.8 Å². The zero-order valence-corrected chi connectivity index (χ0v) is 42.3. The summed E-state index contributed by atoms with van der Waals surface area (Å²) in [6.07, 6.45) is 3.11. The number of rotatable bonds is 32. The Hall–Kier alpha value is -4.72. The monoisotopic (exact) mass is 1000 g/mol. The van der Waals surface area contributed by atoms with E-state index in [9.17, 15) is 13.2 Å². The normalized spacial score (nSPS) is 12.7. The van der Waals surface area contributed by atoms with E-state index in [1.807, 2.05) is 45.0 Å². The van der Waals surface area contributed by atoms with E-state index in [2.05, 4.69) is 21.0 Å². The van der Waals surface area contributed by atoms with Gasteiger partial charge in [-0.25, -0.2) is 23.1 Å². The quantitative estimate of drug-likeness (QED) is 0.0503. The van der Waals surface area contributed by atoms with Crippen molar-refractivity contribution in [1.82, 2.24) is 29.0 Å². The van der Waals surface area contributed by atoms with Gasteiger partial charge >= 0.3 is 0 Å². The van der Waals surface area contributed by atoms with E-state index >= 15 is 0 Å². The number of sulfonamides is 1. The first-order chi connectivity index (χ1) is 34.0. The van der Waals surface area contributed by atoms with E-state index in [4.69, 9.17) is 64.6 Å². The van der Waals surface area contributed by atoms with E-state index in [1.165, 1.54) is 10.6 Å². The molecule has 2 aromatic carbocycles. The predicted octanol–water partition coefficient (Wildman–Crippen LogP) is 4.42. The Balaban J connectivity index is 0.000000303. The van der Waals surface area contributed by atoms with Crippen molar-refractivity contribution in [3.8, 4) is 11.3 Å². The Morgan fingerprint density at radius 1 is 0.729 bits per heavy atom. The Labute approximate surface area is 412 Å². The molecular weight excluding hydrogens is 927 g/mol. The minimum Gasteiger partial charge on any atom is -0.424 e. The van der Waals surface area contributed by atoms with Gasteiger partial charge in [-0.05, 0) is 68.5 Å². The van der Waals surface area contributed by atoms with Crippen LogP contribution in [0.3, 0.4) is 0 Å². The number of benzene rings is 2. The van der Waals surface area contributed by atoms with Gasteiger partial charge in [0.1, 0.15) is 29.1 Å². The maximum Gasteiger partial charge on any atom is 0.292 e. The summed E-state index contributed by atoms with van der Waals surface area (Å²) in [5.41, 5.74) is 23.5. The van der Waals surface area contributed by atoms with Gasteiger partial charge in [0, 0.05) is 57.9 Å². The molecule has 5 aromatic rings. The SMILES string of the molecule is CCC(=O)CCCS(=O)(=O)N1CCc2cc(Cn3nc(-c4ccc5oc(N)nc5c4)c4c(N)ncnc43)ccc2C1.CCOCCOCCOCCN.CCOCCOCCOCCOCCOCC. The summed E-state index contributed by atoms with van der Waals surface area (Å²) in [6, 6.07) is 11.6. The van der Waals surface area contributed by atoms with Crippen LogP contribution in [-0.2, 0) is 72.2 Å². The Morgan fingerprint density at radius 2 is 1.31 bits per heavy atom. The molecule has 6 N–H and O–H groups in total. The average molecular weight is 1000 g/mol. The van der Waals surface area contributed by atoms with Gasteiger partial charge in [0.05, 0.1) is 104 Å². The molecule has 0 unspecified atom stereocenters. The van der Waals surface area contributed by atoms with E-state index < -0.39 is 10.0 Å². The van der Waals surface area contributed by atoms with Gasteiger partial charge < -0.3 is 59.5 Å². The molecule has 0 amide bonds. The predicted molar refractivity (Wildman–Crippen MR) is 268 cm³/mol. The van der Waals surface area contributed by atoms with Gasteiger partial charge in [0.25, 0.3) is 6.01 Å². The molecule has 1 aliphatic rings. The highest BCUT2D eigenvalue weighted by Gasteiger charge is 2.27. The smallest absolute Gasteiger partial charge is 0.292 e. The molecule has 1 aliphatic heterocycles. The molecule has 390 valence electrons. The maximum atomic E-state index is 12.9. The number of ether oxygens (including phenoxy) is 8. The van der Waals surface area contributed by atoms with Gasteiger partial charge in [0.15, 0.2) is 11.2 Å². The lowest BCUT2D eigenvalue weighted by Crippen LogP contribution is -2.37. The molecular formula is C48H75N9O12S. The molecule has 0 fully saturated rings. The van der Waals surface area contributed by atoms with Crippen LogP contribution in [-0.4, -0.2) is 168 Å². The van der Waals surface area contributed by atoms with Crippen molar-refractivity contribution in [3.63, 3.8) is 0 Å². The fraction of sp³-hybridized carbons (Fsp3) is 0.604. The largest absolute Gasteiger partial charge is 0.424 e. The minimum atomic E-state index is -3.43. The van der Waals surface area contributed by atoms with Crippen LogP contribution in [0.15, 0.2) is 47.1 Å². The Kier molecular flexibility index (Phi) is 27.3. The molecule has 0 saturated heterocycles. The number of Topliss-reactive ketones (excluding diaryl/α,β-unsaturated/α-hetero) is 1. The van der Waals surface area contributed by atoms with Crippen LogP contribution >= 0.6 is 0 Å². The molecule has 0 aliphatic carbocycles.